The third-order valence-corrected chi connectivity index (χ3v) is 4.58. The average molecular weight is 371 g/mol. The van der Waals surface area contributed by atoms with Crippen LogP contribution in [0, 0.1) is 0 Å². The highest BCUT2D eigenvalue weighted by molar-refractivity contribution is 9.10. The quantitative estimate of drug-likeness (QED) is 0.751. The zero-order valence-electron chi connectivity index (χ0n) is 12.1. The Morgan fingerprint density at radius 1 is 1.48 bits per heavy atom. The highest BCUT2D eigenvalue weighted by Gasteiger charge is 2.19. The molecule has 6 heteroatoms. The number of ether oxygens (including phenoxy) is 1. The van der Waals surface area contributed by atoms with Gasteiger partial charge in [-0.05, 0) is 24.6 Å². The van der Waals surface area contributed by atoms with Gasteiger partial charge in [-0.25, -0.2) is 0 Å². The Morgan fingerprint density at radius 3 is 2.95 bits per heavy atom. The lowest BCUT2D eigenvalue weighted by Gasteiger charge is -2.14. The molecule has 21 heavy (non-hydrogen) atoms. The molecular weight excluding hydrogens is 352 g/mol. The fourth-order valence-corrected chi connectivity index (χ4v) is 3.52. The minimum Gasteiger partial charge on any atom is -0.493 e. The summed E-state index contributed by atoms with van der Waals surface area (Å²) >= 11 is 5.06. The van der Waals surface area contributed by atoms with E-state index in [1.165, 1.54) is 0 Å². The zero-order chi connectivity index (χ0) is 15.2. The molecule has 1 aromatic carbocycles. The summed E-state index contributed by atoms with van der Waals surface area (Å²) < 4.78 is 8.17. The maximum absolute atomic E-state index is 10.5. The first-order valence-corrected chi connectivity index (χ1v) is 8.59. The molecule has 0 saturated heterocycles. The van der Waals surface area contributed by atoms with E-state index in [4.69, 9.17) is 4.74 Å². The third kappa shape index (κ3) is 4.25. The van der Waals surface area contributed by atoms with E-state index < -0.39 is 6.10 Å². The number of hydrogen-bond acceptors (Lipinski definition) is 4. The number of aliphatic hydroxyl groups is 1. The molecule has 114 valence electrons. The van der Waals surface area contributed by atoms with Gasteiger partial charge in [0.05, 0.1) is 13.3 Å². The smallest absolute Gasteiger partial charge is 0.162 e. The number of rotatable bonds is 7. The molecule has 2 rings (SSSR count). The summed E-state index contributed by atoms with van der Waals surface area (Å²) in [7, 11) is 1.60. The zero-order valence-corrected chi connectivity index (χ0v) is 14.5. The molecule has 0 aliphatic carbocycles. The van der Waals surface area contributed by atoms with Crippen molar-refractivity contribution in [1.29, 1.82) is 0 Å². The number of methoxy groups -OCH3 is 1. The molecule has 4 nitrogen and oxygen atoms in total. The van der Waals surface area contributed by atoms with E-state index in [1.807, 2.05) is 28.9 Å². The van der Waals surface area contributed by atoms with Crippen molar-refractivity contribution in [3.8, 4) is 5.75 Å². The number of aryl methyl sites for hydroxylation is 1. The van der Waals surface area contributed by atoms with E-state index in [0.29, 0.717) is 11.5 Å². The Morgan fingerprint density at radius 2 is 2.29 bits per heavy atom. The summed E-state index contributed by atoms with van der Waals surface area (Å²) in [5, 5.41) is 14.8. The molecule has 0 aliphatic rings. The van der Waals surface area contributed by atoms with Crippen LogP contribution in [0.2, 0.25) is 0 Å². The van der Waals surface area contributed by atoms with Crippen LogP contribution in [-0.4, -0.2) is 27.7 Å². The van der Waals surface area contributed by atoms with Crippen molar-refractivity contribution >= 4 is 27.7 Å². The highest BCUT2D eigenvalue weighted by Crippen LogP contribution is 2.31. The predicted octanol–water partition coefficient (Wildman–Crippen LogP) is 3.89. The summed E-state index contributed by atoms with van der Waals surface area (Å²) in [6.45, 7) is 2.86. The van der Waals surface area contributed by atoms with Crippen LogP contribution in [0.5, 0.6) is 5.75 Å². The minimum atomic E-state index is -0.613. The molecule has 1 unspecified atom stereocenters. The topological polar surface area (TPSA) is 47.3 Å². The fourth-order valence-electron chi connectivity index (χ4n) is 2.07. The first kappa shape index (κ1) is 16.4. The largest absolute Gasteiger partial charge is 0.493 e. The number of aliphatic hydroxyl groups excluding tert-OH is 1. The van der Waals surface area contributed by atoms with Crippen molar-refractivity contribution in [3.05, 3.63) is 40.6 Å². The summed E-state index contributed by atoms with van der Waals surface area (Å²) in [6.07, 6.45) is 2.01. The second-order valence-corrected chi connectivity index (χ2v) is 6.61. The van der Waals surface area contributed by atoms with Crippen molar-refractivity contribution in [3.63, 3.8) is 0 Å². The molecule has 1 N–H and O–H groups in total. The van der Waals surface area contributed by atoms with Crippen molar-refractivity contribution in [1.82, 2.24) is 9.78 Å². The highest BCUT2D eigenvalue weighted by atomic mass is 79.9. The van der Waals surface area contributed by atoms with Crippen LogP contribution < -0.4 is 4.74 Å². The SMILES string of the molecule is CCCn1ncc(OC)c1C(O)CSc1cccc(Br)c1. The van der Waals surface area contributed by atoms with Crippen LogP contribution >= 0.6 is 27.7 Å². The fraction of sp³-hybridized carbons (Fsp3) is 0.400. The maximum atomic E-state index is 10.5. The van der Waals surface area contributed by atoms with Crippen molar-refractivity contribution in [2.45, 2.75) is 30.9 Å². The standard InChI is InChI=1S/C15H19BrN2O2S/c1-3-7-18-15(14(20-2)9-17-18)13(19)10-21-12-6-4-5-11(16)8-12/h4-6,8-9,13,19H,3,7,10H2,1-2H3. The Hall–Kier alpha value is -0.980. The number of benzene rings is 1. The van der Waals surface area contributed by atoms with E-state index in [-0.39, 0.29) is 0 Å². The summed E-state index contributed by atoms with van der Waals surface area (Å²) in [5.74, 6) is 1.20. The summed E-state index contributed by atoms with van der Waals surface area (Å²) in [5.41, 5.74) is 0.752. The van der Waals surface area contributed by atoms with Gasteiger partial charge in [0.25, 0.3) is 0 Å². The van der Waals surface area contributed by atoms with Gasteiger partial charge >= 0.3 is 0 Å². The van der Waals surface area contributed by atoms with Gasteiger partial charge in [0.2, 0.25) is 0 Å². The number of aromatic nitrogens is 2. The van der Waals surface area contributed by atoms with Crippen LogP contribution in [0.3, 0.4) is 0 Å². The number of nitrogens with zero attached hydrogens (tertiary/aromatic N) is 2. The Kier molecular flexibility index (Phi) is 6.14. The molecule has 0 bridgehead atoms. The summed E-state index contributed by atoms with van der Waals surface area (Å²) in [6, 6.07) is 8.04. The Balaban J connectivity index is 2.09. The lowest BCUT2D eigenvalue weighted by atomic mass is 10.2. The number of halogens is 1. The Labute approximate surface area is 137 Å². The van der Waals surface area contributed by atoms with Gasteiger partial charge in [0, 0.05) is 21.7 Å². The molecule has 1 aromatic heterocycles. The molecule has 2 aromatic rings. The molecule has 0 saturated carbocycles. The molecular formula is C15H19BrN2O2S. The molecule has 1 atom stereocenters. The van der Waals surface area contributed by atoms with E-state index in [9.17, 15) is 5.11 Å². The minimum absolute atomic E-state index is 0.558. The molecule has 0 spiro atoms. The predicted molar refractivity (Wildman–Crippen MR) is 88.9 cm³/mol. The van der Waals surface area contributed by atoms with E-state index in [0.717, 1.165) is 28.0 Å². The molecule has 0 radical (unpaired) electrons. The van der Waals surface area contributed by atoms with Crippen molar-refractivity contribution < 1.29 is 9.84 Å². The first-order valence-electron chi connectivity index (χ1n) is 6.81. The van der Waals surface area contributed by atoms with Gasteiger partial charge < -0.3 is 9.84 Å². The van der Waals surface area contributed by atoms with E-state index in [1.54, 1.807) is 25.1 Å². The van der Waals surface area contributed by atoms with Gasteiger partial charge in [-0.15, -0.1) is 11.8 Å². The van der Waals surface area contributed by atoms with Gasteiger partial charge in [-0.3, -0.25) is 4.68 Å². The molecule has 0 aliphatic heterocycles. The lowest BCUT2D eigenvalue weighted by Crippen LogP contribution is -2.11. The number of thioether (sulfide) groups is 1. The third-order valence-electron chi connectivity index (χ3n) is 3.02. The van der Waals surface area contributed by atoms with Crippen LogP contribution in [-0.2, 0) is 6.54 Å². The van der Waals surface area contributed by atoms with Crippen molar-refractivity contribution in [2.75, 3.05) is 12.9 Å². The van der Waals surface area contributed by atoms with Gasteiger partial charge in [-0.1, -0.05) is 28.9 Å². The average Bonchev–Trinajstić information content (AvgIpc) is 2.88. The van der Waals surface area contributed by atoms with Gasteiger partial charge in [-0.2, -0.15) is 5.10 Å². The molecule has 1 heterocycles. The maximum Gasteiger partial charge on any atom is 0.162 e. The van der Waals surface area contributed by atoms with Gasteiger partial charge in [0.1, 0.15) is 11.8 Å². The van der Waals surface area contributed by atoms with E-state index >= 15 is 0 Å². The second-order valence-electron chi connectivity index (χ2n) is 4.61. The monoisotopic (exact) mass is 370 g/mol. The normalized spacial score (nSPS) is 12.4. The van der Waals surface area contributed by atoms with Crippen LogP contribution in [0.1, 0.15) is 25.1 Å². The van der Waals surface area contributed by atoms with Crippen LogP contribution in [0.25, 0.3) is 0 Å². The van der Waals surface area contributed by atoms with E-state index in [2.05, 4.69) is 28.0 Å². The molecule has 0 amide bonds. The second kappa shape index (κ2) is 7.87. The number of hydrogen-bond donors (Lipinski definition) is 1. The Bertz CT molecular complexity index is 589. The molecule has 0 fully saturated rings. The van der Waals surface area contributed by atoms with Gasteiger partial charge in [0.15, 0.2) is 5.75 Å². The lowest BCUT2D eigenvalue weighted by molar-refractivity contribution is 0.186. The van der Waals surface area contributed by atoms with Crippen LogP contribution in [0.15, 0.2) is 39.8 Å². The van der Waals surface area contributed by atoms with Crippen molar-refractivity contribution in [2.24, 2.45) is 0 Å². The van der Waals surface area contributed by atoms with Crippen LogP contribution in [0.4, 0.5) is 0 Å². The first-order chi connectivity index (χ1) is 10.2. The summed E-state index contributed by atoms with van der Waals surface area (Å²) in [4.78, 5) is 1.11.